The van der Waals surface area contributed by atoms with Gasteiger partial charge in [-0.05, 0) is 47.4 Å². The Balaban J connectivity index is 1.20. The Bertz CT molecular complexity index is 1280. The van der Waals surface area contributed by atoms with Gasteiger partial charge in [-0.25, -0.2) is 0 Å². The summed E-state index contributed by atoms with van der Waals surface area (Å²) in [5.41, 5.74) is 3.29. The zero-order valence-electron chi connectivity index (χ0n) is 22.0. The van der Waals surface area contributed by atoms with Crippen molar-refractivity contribution < 1.29 is 23.7 Å². The van der Waals surface area contributed by atoms with Gasteiger partial charge in [-0.3, -0.25) is 4.79 Å². The van der Waals surface area contributed by atoms with Gasteiger partial charge in [0, 0.05) is 12.3 Å². The molecule has 4 aromatic carbocycles. The summed E-state index contributed by atoms with van der Waals surface area (Å²) in [4.78, 5) is 13.4. The summed E-state index contributed by atoms with van der Waals surface area (Å²) in [5, 5.41) is 0. The van der Waals surface area contributed by atoms with Crippen molar-refractivity contribution in [3.8, 4) is 11.5 Å². The van der Waals surface area contributed by atoms with Gasteiger partial charge in [0.2, 0.25) is 0 Å². The first-order valence-electron chi connectivity index (χ1n) is 13.5. The molecule has 0 heterocycles. The van der Waals surface area contributed by atoms with Crippen molar-refractivity contribution in [1.29, 1.82) is 0 Å². The molecule has 1 saturated carbocycles. The number of ether oxygens (including phenoxy) is 4. The number of ketones is 1. The molecule has 3 unspecified atom stereocenters. The van der Waals surface area contributed by atoms with Crippen molar-refractivity contribution in [3.63, 3.8) is 0 Å². The Morgan fingerprint density at radius 3 is 1.74 bits per heavy atom. The molecule has 0 radical (unpaired) electrons. The SMILES string of the molecule is O=C1C(COCc2ccccc2)CC(OCc2ccccc2)CC1Oc1ccc(OCc2ccccc2)cc1. The summed E-state index contributed by atoms with van der Waals surface area (Å²) in [6.45, 7) is 1.80. The first-order valence-corrected chi connectivity index (χ1v) is 13.5. The second-order valence-corrected chi connectivity index (χ2v) is 9.84. The van der Waals surface area contributed by atoms with E-state index in [2.05, 4.69) is 0 Å². The number of rotatable bonds is 12. The highest BCUT2D eigenvalue weighted by molar-refractivity contribution is 5.86. The molecule has 39 heavy (non-hydrogen) atoms. The largest absolute Gasteiger partial charge is 0.489 e. The molecule has 200 valence electrons. The third-order valence-electron chi connectivity index (χ3n) is 6.85. The van der Waals surface area contributed by atoms with E-state index in [4.69, 9.17) is 18.9 Å². The highest BCUT2D eigenvalue weighted by atomic mass is 16.5. The lowest BCUT2D eigenvalue weighted by molar-refractivity contribution is -0.142. The predicted octanol–water partition coefficient (Wildman–Crippen LogP) is 6.79. The van der Waals surface area contributed by atoms with Gasteiger partial charge in [0.1, 0.15) is 18.1 Å². The van der Waals surface area contributed by atoms with Crippen molar-refractivity contribution in [2.24, 2.45) is 5.92 Å². The number of benzene rings is 4. The molecular formula is C34H34O5. The first-order chi connectivity index (χ1) is 19.2. The molecule has 0 aliphatic heterocycles. The molecule has 3 atom stereocenters. The number of carbonyl (C=O) groups is 1. The molecule has 0 amide bonds. The molecule has 0 N–H and O–H groups in total. The van der Waals surface area contributed by atoms with E-state index >= 15 is 0 Å². The summed E-state index contributed by atoms with van der Waals surface area (Å²) in [5.74, 6) is 1.15. The minimum Gasteiger partial charge on any atom is -0.489 e. The number of hydrogen-bond acceptors (Lipinski definition) is 5. The molecule has 0 spiro atoms. The summed E-state index contributed by atoms with van der Waals surface area (Å²) in [7, 11) is 0. The van der Waals surface area contributed by atoms with Crippen LogP contribution >= 0.6 is 0 Å². The Kier molecular flexibility index (Phi) is 9.40. The van der Waals surface area contributed by atoms with Crippen molar-refractivity contribution in [2.45, 2.75) is 44.9 Å². The van der Waals surface area contributed by atoms with Gasteiger partial charge >= 0.3 is 0 Å². The smallest absolute Gasteiger partial charge is 0.178 e. The van der Waals surface area contributed by atoms with Gasteiger partial charge in [-0.15, -0.1) is 0 Å². The third kappa shape index (κ3) is 8.03. The van der Waals surface area contributed by atoms with E-state index in [9.17, 15) is 4.79 Å². The molecular weight excluding hydrogens is 488 g/mol. The second-order valence-electron chi connectivity index (χ2n) is 9.84. The van der Waals surface area contributed by atoms with E-state index < -0.39 is 6.10 Å². The Morgan fingerprint density at radius 1 is 0.590 bits per heavy atom. The van der Waals surface area contributed by atoms with E-state index in [0.29, 0.717) is 45.0 Å². The van der Waals surface area contributed by atoms with Crippen molar-refractivity contribution in [1.82, 2.24) is 0 Å². The van der Waals surface area contributed by atoms with Gasteiger partial charge in [0.25, 0.3) is 0 Å². The van der Waals surface area contributed by atoms with E-state index in [1.54, 1.807) is 0 Å². The number of carbonyl (C=O) groups excluding carboxylic acids is 1. The summed E-state index contributed by atoms with van der Waals surface area (Å²) in [6.07, 6.45) is 0.423. The Morgan fingerprint density at radius 2 is 1.13 bits per heavy atom. The highest BCUT2D eigenvalue weighted by Gasteiger charge is 2.38. The molecule has 1 aliphatic carbocycles. The van der Waals surface area contributed by atoms with Crippen LogP contribution in [-0.4, -0.2) is 24.6 Å². The van der Waals surface area contributed by atoms with Crippen LogP contribution in [0.25, 0.3) is 0 Å². The molecule has 0 aromatic heterocycles. The van der Waals surface area contributed by atoms with E-state index in [0.717, 1.165) is 22.4 Å². The van der Waals surface area contributed by atoms with Crippen LogP contribution in [0.15, 0.2) is 115 Å². The zero-order valence-corrected chi connectivity index (χ0v) is 22.0. The number of hydrogen-bond donors (Lipinski definition) is 0. The van der Waals surface area contributed by atoms with Crippen LogP contribution in [0.5, 0.6) is 11.5 Å². The fraction of sp³-hybridized carbons (Fsp3) is 0.265. The number of Topliss-reactive ketones (excluding diaryl/α,β-unsaturated/α-hetero) is 1. The van der Waals surface area contributed by atoms with E-state index in [1.807, 2.05) is 115 Å². The third-order valence-corrected chi connectivity index (χ3v) is 6.85. The van der Waals surface area contributed by atoms with Gasteiger partial charge < -0.3 is 18.9 Å². The minimum atomic E-state index is -0.596. The highest BCUT2D eigenvalue weighted by Crippen LogP contribution is 2.29. The van der Waals surface area contributed by atoms with Crippen molar-refractivity contribution in [3.05, 3.63) is 132 Å². The van der Waals surface area contributed by atoms with Crippen LogP contribution < -0.4 is 9.47 Å². The minimum absolute atomic E-state index is 0.0621. The van der Waals surface area contributed by atoms with Crippen LogP contribution in [0.4, 0.5) is 0 Å². The lowest BCUT2D eigenvalue weighted by atomic mass is 9.84. The predicted molar refractivity (Wildman–Crippen MR) is 150 cm³/mol. The maximum atomic E-state index is 13.4. The molecule has 0 saturated heterocycles. The van der Waals surface area contributed by atoms with Gasteiger partial charge in [-0.1, -0.05) is 91.0 Å². The maximum absolute atomic E-state index is 13.4. The molecule has 5 heteroatoms. The fourth-order valence-corrected chi connectivity index (χ4v) is 4.74. The van der Waals surface area contributed by atoms with Crippen molar-refractivity contribution in [2.75, 3.05) is 6.61 Å². The molecule has 4 aromatic rings. The van der Waals surface area contributed by atoms with Crippen molar-refractivity contribution >= 4 is 5.78 Å². The lowest BCUT2D eigenvalue weighted by Crippen LogP contribution is -2.45. The van der Waals surface area contributed by atoms with Crippen LogP contribution in [-0.2, 0) is 34.1 Å². The normalized spacial score (nSPS) is 19.0. The molecule has 5 rings (SSSR count). The van der Waals surface area contributed by atoms with Gasteiger partial charge in [0.15, 0.2) is 11.9 Å². The first kappa shape index (κ1) is 26.7. The monoisotopic (exact) mass is 522 g/mol. The lowest BCUT2D eigenvalue weighted by Gasteiger charge is -2.33. The van der Waals surface area contributed by atoms with Crippen LogP contribution in [0.2, 0.25) is 0 Å². The summed E-state index contributed by atoms with van der Waals surface area (Å²) < 4.78 is 24.3. The van der Waals surface area contributed by atoms with Crippen LogP contribution in [0.1, 0.15) is 29.5 Å². The molecule has 0 bridgehead atoms. The van der Waals surface area contributed by atoms with E-state index in [-0.39, 0.29) is 17.8 Å². The molecule has 1 fully saturated rings. The summed E-state index contributed by atoms with van der Waals surface area (Å²) in [6, 6.07) is 37.6. The average Bonchev–Trinajstić information content (AvgIpc) is 2.99. The maximum Gasteiger partial charge on any atom is 0.178 e. The Hall–Kier alpha value is -3.93. The quantitative estimate of drug-likeness (QED) is 0.205. The summed E-state index contributed by atoms with van der Waals surface area (Å²) >= 11 is 0. The standard InChI is InChI=1S/C34H34O5/c35-34-29(25-36-22-26-10-4-1-5-11-26)20-32(38-24-28-14-8-3-9-15-28)21-33(34)39-31-18-16-30(17-19-31)37-23-27-12-6-2-7-13-27/h1-19,29,32-33H,20-25H2. The Labute approximate surface area is 230 Å². The molecule has 5 nitrogen and oxygen atoms in total. The van der Waals surface area contributed by atoms with Gasteiger partial charge in [-0.2, -0.15) is 0 Å². The van der Waals surface area contributed by atoms with Crippen LogP contribution in [0, 0.1) is 5.92 Å². The average molecular weight is 523 g/mol. The second kappa shape index (κ2) is 13.7. The fourth-order valence-electron chi connectivity index (χ4n) is 4.74. The van der Waals surface area contributed by atoms with E-state index in [1.165, 1.54) is 0 Å². The molecule has 1 aliphatic rings. The zero-order chi connectivity index (χ0) is 26.7. The van der Waals surface area contributed by atoms with Crippen LogP contribution in [0.3, 0.4) is 0 Å². The van der Waals surface area contributed by atoms with Gasteiger partial charge in [0.05, 0.1) is 25.9 Å². The topological polar surface area (TPSA) is 54.0 Å².